The van der Waals surface area contributed by atoms with Gasteiger partial charge in [-0.1, -0.05) is 54.6 Å². The molecule has 0 bridgehead atoms. The fourth-order valence-electron chi connectivity index (χ4n) is 6.12. The number of aliphatic hydroxyl groups excluding tert-OH is 1. The lowest BCUT2D eigenvalue weighted by molar-refractivity contribution is -0.139. The molecule has 11 nitrogen and oxygen atoms in total. The van der Waals surface area contributed by atoms with Crippen LogP contribution in [-0.2, 0) is 41.1 Å². The van der Waals surface area contributed by atoms with Gasteiger partial charge < -0.3 is 30.2 Å². The van der Waals surface area contributed by atoms with Gasteiger partial charge >= 0.3 is 0 Å². The number of carbonyl (C=O) groups excluding carboxylic acids is 2. The summed E-state index contributed by atoms with van der Waals surface area (Å²) in [6.45, 7) is 2.60. The highest BCUT2D eigenvalue weighted by Crippen LogP contribution is 2.47. The van der Waals surface area contributed by atoms with Gasteiger partial charge in [0.2, 0.25) is 5.91 Å². The Balaban J connectivity index is 1.16. The minimum absolute atomic E-state index is 0.0144. The Morgan fingerprint density at radius 3 is 2.83 bits per heavy atom. The number of benzene rings is 3. The van der Waals surface area contributed by atoms with Crippen molar-refractivity contribution in [3.8, 4) is 5.75 Å². The third-order valence-electron chi connectivity index (χ3n) is 8.62. The first kappa shape index (κ1) is 31.7. The van der Waals surface area contributed by atoms with E-state index in [1.807, 2.05) is 73.8 Å². The Kier molecular flexibility index (Phi) is 9.19. The second kappa shape index (κ2) is 13.6. The van der Waals surface area contributed by atoms with Crippen LogP contribution in [0.2, 0.25) is 0 Å². The molecular formula is C36H38N6O5. The number of para-hydroxylation sites is 1. The average Bonchev–Trinajstić information content (AvgIpc) is 3.76. The molecule has 0 fully saturated rings. The molecule has 3 heterocycles. The summed E-state index contributed by atoms with van der Waals surface area (Å²) >= 11 is 0. The normalized spacial score (nSPS) is 16.6. The largest absolute Gasteiger partial charge is 0.497 e. The third-order valence-corrected chi connectivity index (χ3v) is 8.62. The van der Waals surface area contributed by atoms with Gasteiger partial charge in [-0.3, -0.25) is 14.3 Å². The quantitative estimate of drug-likeness (QED) is 0.140. The number of aliphatic hydroxyl groups is 2. The lowest BCUT2D eigenvalue weighted by atomic mass is 9.83. The van der Waals surface area contributed by atoms with Gasteiger partial charge in [0.25, 0.3) is 5.91 Å². The van der Waals surface area contributed by atoms with Crippen LogP contribution in [0.4, 0.5) is 11.4 Å². The average molecular weight is 635 g/mol. The maximum Gasteiger partial charge on any atom is 0.264 e. The summed E-state index contributed by atoms with van der Waals surface area (Å²) < 4.78 is 7.15. The number of carbonyl (C=O) groups is 2. The predicted molar refractivity (Wildman–Crippen MR) is 179 cm³/mol. The molecule has 6 rings (SSSR count). The van der Waals surface area contributed by atoms with Crippen molar-refractivity contribution in [1.82, 2.24) is 20.0 Å². The van der Waals surface area contributed by atoms with Crippen molar-refractivity contribution in [2.24, 2.45) is 5.92 Å². The minimum Gasteiger partial charge on any atom is -0.497 e. The van der Waals surface area contributed by atoms with Gasteiger partial charge in [0.1, 0.15) is 5.75 Å². The van der Waals surface area contributed by atoms with Gasteiger partial charge in [0, 0.05) is 60.0 Å². The van der Waals surface area contributed by atoms with E-state index in [4.69, 9.17) is 9.84 Å². The molecule has 11 heteroatoms. The predicted octanol–water partition coefficient (Wildman–Crippen LogP) is 4.50. The number of rotatable bonds is 13. The molecule has 5 aromatic rings. The molecule has 0 radical (unpaired) electrons. The van der Waals surface area contributed by atoms with Crippen molar-refractivity contribution in [1.29, 1.82) is 0 Å². The number of nitrogens with one attached hydrogen (secondary N) is 2. The van der Waals surface area contributed by atoms with E-state index in [1.54, 1.807) is 41.1 Å². The molecule has 0 saturated heterocycles. The third kappa shape index (κ3) is 6.53. The summed E-state index contributed by atoms with van der Waals surface area (Å²) in [6.07, 6.45) is 8.71. The highest BCUT2D eigenvalue weighted by atomic mass is 16.5. The molecule has 2 atom stereocenters. The number of aryl methyl sites for hydroxylation is 1. The van der Waals surface area contributed by atoms with Crippen molar-refractivity contribution >= 4 is 34.1 Å². The number of allylic oxidation sites excluding steroid dienone is 1. The number of amides is 2. The van der Waals surface area contributed by atoms with Gasteiger partial charge in [-0.25, -0.2) is 0 Å². The van der Waals surface area contributed by atoms with Crippen LogP contribution in [0.3, 0.4) is 0 Å². The summed E-state index contributed by atoms with van der Waals surface area (Å²) in [5.74, 6) is -0.595. The van der Waals surface area contributed by atoms with Gasteiger partial charge in [-0.05, 0) is 53.9 Å². The fraction of sp³-hybridized carbons (Fsp3) is 0.278. The number of hydrogen-bond donors (Lipinski definition) is 4. The molecule has 0 spiro atoms. The Morgan fingerprint density at radius 2 is 2.00 bits per heavy atom. The number of ether oxygens (including phenoxy) is 1. The minimum atomic E-state index is -1.81. The van der Waals surface area contributed by atoms with E-state index in [0.29, 0.717) is 42.1 Å². The number of aromatic amines is 1. The number of aromatic nitrogens is 4. The summed E-state index contributed by atoms with van der Waals surface area (Å²) in [5.41, 5.74) is 3.31. The van der Waals surface area contributed by atoms with Gasteiger partial charge in [0.15, 0.2) is 5.60 Å². The van der Waals surface area contributed by atoms with Crippen LogP contribution in [0, 0.1) is 5.92 Å². The number of hydrogen-bond acceptors (Lipinski definition) is 7. The van der Waals surface area contributed by atoms with Crippen molar-refractivity contribution in [2.75, 3.05) is 23.9 Å². The monoisotopic (exact) mass is 634 g/mol. The van der Waals surface area contributed by atoms with E-state index in [0.717, 1.165) is 27.7 Å². The van der Waals surface area contributed by atoms with E-state index >= 15 is 0 Å². The van der Waals surface area contributed by atoms with E-state index in [1.165, 1.54) is 0 Å². The molecule has 2 amide bonds. The lowest BCUT2D eigenvalue weighted by Crippen LogP contribution is -2.44. The standard InChI is InChI=1S/C36H38N6O5/c1-24(8-5-6-16-41-23-28(15-17-43)39-40-41)36(46)31-20-29(47-2)13-14-33(31)42(35(36)45)22-25-9-7-10-27(18-25)38-34(44)19-26-21-37-32-12-4-3-11-30(26)32/h3-5,7-14,18,20-21,23-24,37,43,46H,6,15-17,19,22H2,1-2H3,(H,38,44)/b8-5+/t24-,36+/m1/s1. The SMILES string of the molecule is COc1ccc2c(c1)[C@@](O)([C@H](C)/C=C/CCn1cc(CCO)nn1)C(=O)N2Cc1cccc(NC(=O)Cc2c[nH]c3ccccc23)c1. The van der Waals surface area contributed by atoms with Gasteiger partial charge in [0.05, 0.1) is 31.5 Å². The van der Waals surface area contributed by atoms with Crippen molar-refractivity contribution in [2.45, 2.75) is 44.9 Å². The Labute approximate surface area is 272 Å². The molecule has 4 N–H and O–H groups in total. The van der Waals surface area contributed by atoms with Crippen molar-refractivity contribution in [3.63, 3.8) is 0 Å². The van der Waals surface area contributed by atoms with Crippen molar-refractivity contribution < 1.29 is 24.5 Å². The molecule has 0 aliphatic carbocycles. The highest BCUT2D eigenvalue weighted by molar-refractivity contribution is 6.07. The summed E-state index contributed by atoms with van der Waals surface area (Å²) in [4.78, 5) is 31.8. The molecule has 0 unspecified atom stereocenters. The van der Waals surface area contributed by atoms with Crippen LogP contribution in [0.5, 0.6) is 5.75 Å². The zero-order valence-corrected chi connectivity index (χ0v) is 26.4. The van der Waals surface area contributed by atoms with E-state index in [2.05, 4.69) is 20.6 Å². The first-order chi connectivity index (χ1) is 22.8. The molecule has 0 saturated carbocycles. The maximum absolute atomic E-state index is 14.1. The van der Waals surface area contributed by atoms with Crippen LogP contribution in [0.1, 0.15) is 35.7 Å². The smallest absolute Gasteiger partial charge is 0.264 e. The van der Waals surface area contributed by atoms with E-state index in [-0.39, 0.29) is 25.5 Å². The zero-order valence-electron chi connectivity index (χ0n) is 26.4. The Morgan fingerprint density at radius 1 is 1.15 bits per heavy atom. The summed E-state index contributed by atoms with van der Waals surface area (Å²) in [5, 5.41) is 33.3. The molecule has 1 aliphatic heterocycles. The van der Waals surface area contributed by atoms with Gasteiger partial charge in [-0.2, -0.15) is 0 Å². The molecular weight excluding hydrogens is 596 g/mol. The van der Waals surface area contributed by atoms with Crippen LogP contribution in [0.25, 0.3) is 10.9 Å². The van der Waals surface area contributed by atoms with E-state index < -0.39 is 17.4 Å². The van der Waals surface area contributed by atoms with Crippen LogP contribution in [0.15, 0.2) is 91.3 Å². The first-order valence-electron chi connectivity index (χ1n) is 15.6. The lowest BCUT2D eigenvalue weighted by Gasteiger charge is -2.28. The number of anilines is 2. The fourth-order valence-corrected chi connectivity index (χ4v) is 6.12. The Hall–Kier alpha value is -5.26. The Bertz CT molecular complexity index is 1930. The first-order valence-corrected chi connectivity index (χ1v) is 15.6. The molecule has 47 heavy (non-hydrogen) atoms. The molecule has 242 valence electrons. The van der Waals surface area contributed by atoms with E-state index in [9.17, 15) is 14.7 Å². The van der Waals surface area contributed by atoms with Crippen molar-refractivity contribution in [3.05, 3.63) is 114 Å². The number of H-pyrrole nitrogens is 1. The second-order valence-corrected chi connectivity index (χ2v) is 11.8. The second-order valence-electron chi connectivity index (χ2n) is 11.8. The topological polar surface area (TPSA) is 146 Å². The van der Waals surface area contributed by atoms with Crippen LogP contribution in [-0.4, -0.2) is 55.7 Å². The van der Waals surface area contributed by atoms with Crippen LogP contribution >= 0.6 is 0 Å². The number of nitrogens with zero attached hydrogens (tertiary/aromatic N) is 4. The van der Waals surface area contributed by atoms with Gasteiger partial charge in [-0.15, -0.1) is 5.10 Å². The molecule has 1 aliphatic rings. The molecule has 2 aromatic heterocycles. The molecule has 3 aromatic carbocycles. The number of fused-ring (bicyclic) bond motifs is 2. The maximum atomic E-state index is 14.1. The zero-order chi connectivity index (χ0) is 33.0. The highest BCUT2D eigenvalue weighted by Gasteiger charge is 2.52. The van der Waals surface area contributed by atoms with Crippen LogP contribution < -0.4 is 15.0 Å². The number of methoxy groups -OCH3 is 1. The summed E-state index contributed by atoms with van der Waals surface area (Å²) in [7, 11) is 1.55. The summed E-state index contributed by atoms with van der Waals surface area (Å²) in [6, 6.07) is 20.5.